The number of hydrogen-bond donors (Lipinski definition) is 0. The van der Waals surface area contributed by atoms with Crippen LogP contribution in [-0.4, -0.2) is 38.9 Å². The molecule has 0 amide bonds. The number of esters is 1. The minimum absolute atomic E-state index is 0.199. The Morgan fingerprint density at radius 3 is 2.15 bits per heavy atom. The second kappa shape index (κ2) is 5.26. The molecule has 6 heteroatoms. The van der Waals surface area contributed by atoms with Crippen LogP contribution in [0.3, 0.4) is 0 Å². The van der Waals surface area contributed by atoms with Crippen molar-refractivity contribution in [2.75, 3.05) is 21.3 Å². The van der Waals surface area contributed by atoms with Gasteiger partial charge in [0.1, 0.15) is 11.5 Å². The standard InChI is InChI=1S/C14H22O6/c1-13(17-4)14(2,18-5)20-11-8-9(12(15)16-3)6-7-10(11)19-13/h9H,6-8H2,1-5H3/t9-,13+,14+/m0/s1. The van der Waals surface area contributed by atoms with Gasteiger partial charge in [-0.1, -0.05) is 0 Å². The SMILES string of the molecule is COC(=O)[C@H]1CCC2=C(C1)O[C@@](C)(OC)[C@](C)(OC)O2. The molecule has 0 bridgehead atoms. The van der Waals surface area contributed by atoms with Gasteiger partial charge in [-0.15, -0.1) is 0 Å². The fraction of sp³-hybridized carbons (Fsp3) is 0.786. The predicted octanol–water partition coefficient (Wildman–Crippen LogP) is 1.94. The van der Waals surface area contributed by atoms with Crippen LogP contribution >= 0.6 is 0 Å². The molecule has 0 saturated carbocycles. The van der Waals surface area contributed by atoms with Gasteiger partial charge in [-0.05, 0) is 6.42 Å². The minimum Gasteiger partial charge on any atom is -0.469 e. The van der Waals surface area contributed by atoms with E-state index in [0.717, 1.165) is 5.76 Å². The third-order valence-electron chi connectivity index (χ3n) is 4.24. The molecule has 2 rings (SSSR count). The third kappa shape index (κ3) is 2.27. The van der Waals surface area contributed by atoms with Gasteiger partial charge in [0.15, 0.2) is 0 Å². The van der Waals surface area contributed by atoms with Gasteiger partial charge >= 0.3 is 5.97 Å². The molecule has 1 aliphatic heterocycles. The number of hydrogen-bond acceptors (Lipinski definition) is 6. The van der Waals surface area contributed by atoms with Crippen LogP contribution in [0.1, 0.15) is 33.1 Å². The lowest BCUT2D eigenvalue weighted by Gasteiger charge is -2.48. The molecule has 0 fully saturated rings. The van der Waals surface area contributed by atoms with E-state index in [-0.39, 0.29) is 11.9 Å². The summed E-state index contributed by atoms with van der Waals surface area (Å²) in [5.74, 6) is -1.15. The van der Waals surface area contributed by atoms with Crippen molar-refractivity contribution in [2.24, 2.45) is 5.92 Å². The largest absolute Gasteiger partial charge is 0.469 e. The van der Waals surface area contributed by atoms with Gasteiger partial charge in [0.2, 0.25) is 0 Å². The van der Waals surface area contributed by atoms with Crippen molar-refractivity contribution < 1.29 is 28.5 Å². The summed E-state index contributed by atoms with van der Waals surface area (Å²) < 4.78 is 27.6. The molecule has 6 nitrogen and oxygen atoms in total. The minimum atomic E-state index is -1.07. The van der Waals surface area contributed by atoms with Crippen molar-refractivity contribution in [2.45, 2.75) is 44.7 Å². The van der Waals surface area contributed by atoms with Gasteiger partial charge in [0.05, 0.1) is 13.0 Å². The van der Waals surface area contributed by atoms with Crippen molar-refractivity contribution >= 4 is 5.97 Å². The average molecular weight is 286 g/mol. The van der Waals surface area contributed by atoms with Crippen molar-refractivity contribution in [3.63, 3.8) is 0 Å². The summed E-state index contributed by atoms with van der Waals surface area (Å²) in [6.45, 7) is 3.52. The number of carbonyl (C=O) groups is 1. The summed E-state index contributed by atoms with van der Waals surface area (Å²) in [5, 5.41) is 0. The molecular weight excluding hydrogens is 264 g/mol. The fourth-order valence-electron chi connectivity index (χ4n) is 2.57. The van der Waals surface area contributed by atoms with Crippen LogP contribution in [-0.2, 0) is 28.5 Å². The van der Waals surface area contributed by atoms with Crippen LogP contribution < -0.4 is 0 Å². The van der Waals surface area contributed by atoms with Gasteiger partial charge in [-0.3, -0.25) is 4.79 Å². The Bertz CT molecular complexity index is 431. The van der Waals surface area contributed by atoms with Gasteiger partial charge in [-0.2, -0.15) is 0 Å². The number of allylic oxidation sites excluding steroid dienone is 2. The Balaban J connectivity index is 2.25. The second-order valence-electron chi connectivity index (χ2n) is 5.31. The number of ether oxygens (including phenoxy) is 5. The highest BCUT2D eigenvalue weighted by molar-refractivity contribution is 5.72. The lowest BCUT2D eigenvalue weighted by molar-refractivity contribution is -0.384. The summed E-state index contributed by atoms with van der Waals surface area (Å²) in [6, 6.07) is 0. The molecule has 0 spiro atoms. The molecule has 0 radical (unpaired) electrons. The summed E-state index contributed by atoms with van der Waals surface area (Å²) >= 11 is 0. The van der Waals surface area contributed by atoms with Crippen LogP contribution in [0, 0.1) is 5.92 Å². The first-order chi connectivity index (χ1) is 9.39. The maximum Gasteiger partial charge on any atom is 0.309 e. The molecular formula is C14H22O6. The molecule has 20 heavy (non-hydrogen) atoms. The van der Waals surface area contributed by atoms with E-state index in [2.05, 4.69) is 0 Å². The normalized spacial score (nSPS) is 36.8. The van der Waals surface area contributed by atoms with Crippen LogP contribution in [0.4, 0.5) is 0 Å². The van der Waals surface area contributed by atoms with Crippen LogP contribution in [0.15, 0.2) is 11.5 Å². The Hall–Kier alpha value is -1.27. The van der Waals surface area contributed by atoms with E-state index < -0.39 is 11.6 Å². The Kier molecular flexibility index (Phi) is 3.97. The predicted molar refractivity (Wildman–Crippen MR) is 69.4 cm³/mol. The zero-order valence-corrected chi connectivity index (χ0v) is 12.6. The Labute approximate surface area is 119 Å². The van der Waals surface area contributed by atoms with E-state index in [1.165, 1.54) is 14.2 Å². The van der Waals surface area contributed by atoms with Crippen LogP contribution in [0.25, 0.3) is 0 Å². The number of methoxy groups -OCH3 is 3. The van der Waals surface area contributed by atoms with Crippen molar-refractivity contribution in [3.8, 4) is 0 Å². The lowest BCUT2D eigenvalue weighted by Crippen LogP contribution is -2.58. The van der Waals surface area contributed by atoms with Gasteiger partial charge < -0.3 is 23.7 Å². The third-order valence-corrected chi connectivity index (χ3v) is 4.24. The first-order valence-corrected chi connectivity index (χ1v) is 6.67. The molecule has 1 heterocycles. The highest BCUT2D eigenvalue weighted by Gasteiger charge is 2.55. The maximum absolute atomic E-state index is 11.7. The Morgan fingerprint density at radius 1 is 1.10 bits per heavy atom. The maximum atomic E-state index is 11.7. The van der Waals surface area contributed by atoms with E-state index in [4.69, 9.17) is 23.7 Å². The van der Waals surface area contributed by atoms with Gasteiger partial charge in [-0.25, -0.2) is 0 Å². The topological polar surface area (TPSA) is 63.2 Å². The van der Waals surface area contributed by atoms with Crippen molar-refractivity contribution in [1.29, 1.82) is 0 Å². The molecule has 3 atom stereocenters. The quantitative estimate of drug-likeness (QED) is 0.739. The van der Waals surface area contributed by atoms with Gasteiger partial charge in [0.25, 0.3) is 11.6 Å². The second-order valence-corrected chi connectivity index (χ2v) is 5.31. The lowest BCUT2D eigenvalue weighted by atomic mass is 9.90. The molecule has 0 aromatic carbocycles. The summed E-state index contributed by atoms with van der Waals surface area (Å²) in [5.41, 5.74) is 0. The molecule has 2 aliphatic rings. The monoisotopic (exact) mass is 286 g/mol. The smallest absolute Gasteiger partial charge is 0.309 e. The molecule has 0 saturated heterocycles. The van der Waals surface area contributed by atoms with Crippen molar-refractivity contribution in [1.82, 2.24) is 0 Å². The van der Waals surface area contributed by atoms with Gasteiger partial charge in [0, 0.05) is 40.9 Å². The molecule has 0 N–H and O–H groups in total. The molecule has 1 aliphatic carbocycles. The van der Waals surface area contributed by atoms with Crippen LogP contribution in [0.2, 0.25) is 0 Å². The van der Waals surface area contributed by atoms with E-state index in [1.807, 2.05) is 0 Å². The van der Waals surface area contributed by atoms with Crippen molar-refractivity contribution in [3.05, 3.63) is 11.5 Å². The summed E-state index contributed by atoms with van der Waals surface area (Å²) in [7, 11) is 4.48. The molecule has 114 valence electrons. The average Bonchev–Trinajstić information content (AvgIpc) is 2.47. The van der Waals surface area contributed by atoms with E-state index in [1.54, 1.807) is 21.0 Å². The van der Waals surface area contributed by atoms with Crippen LogP contribution in [0.5, 0.6) is 0 Å². The molecule has 0 unspecified atom stereocenters. The first-order valence-electron chi connectivity index (χ1n) is 6.67. The van der Waals surface area contributed by atoms with E-state index in [9.17, 15) is 4.79 Å². The Morgan fingerprint density at radius 2 is 1.65 bits per heavy atom. The zero-order chi connectivity index (χ0) is 15.0. The summed E-state index contributed by atoms with van der Waals surface area (Å²) in [6.07, 6.45) is 1.76. The zero-order valence-electron chi connectivity index (χ0n) is 12.6. The molecule has 0 aromatic rings. The highest BCUT2D eigenvalue weighted by atomic mass is 16.8. The highest BCUT2D eigenvalue weighted by Crippen LogP contribution is 2.45. The first kappa shape index (κ1) is 15.1. The number of rotatable bonds is 3. The molecule has 0 aromatic heterocycles. The van der Waals surface area contributed by atoms with E-state index in [0.29, 0.717) is 25.0 Å². The summed E-state index contributed by atoms with van der Waals surface area (Å²) in [4.78, 5) is 11.7. The fourth-order valence-corrected chi connectivity index (χ4v) is 2.57. The van der Waals surface area contributed by atoms with E-state index >= 15 is 0 Å². The number of carbonyl (C=O) groups excluding carboxylic acids is 1.